The summed E-state index contributed by atoms with van der Waals surface area (Å²) in [5, 5.41) is 5.77. The van der Waals surface area contributed by atoms with Crippen molar-refractivity contribution in [2.75, 3.05) is 12.3 Å². The molecular formula is C17H29NP+. The van der Waals surface area contributed by atoms with Crippen molar-refractivity contribution in [3.05, 3.63) is 30.3 Å². The van der Waals surface area contributed by atoms with Crippen LogP contribution in [0.3, 0.4) is 0 Å². The second-order valence-electron chi connectivity index (χ2n) is 7.74. The molecule has 1 aromatic carbocycles. The summed E-state index contributed by atoms with van der Waals surface area (Å²) in [6.45, 7) is 14.4. The summed E-state index contributed by atoms with van der Waals surface area (Å²) < 4.78 is 0. The fraction of sp³-hybridized carbons (Fsp3) is 0.647. The van der Waals surface area contributed by atoms with Gasteiger partial charge in [-0.25, -0.2) is 0 Å². The van der Waals surface area contributed by atoms with Gasteiger partial charge in [0.25, 0.3) is 0 Å². The van der Waals surface area contributed by atoms with Gasteiger partial charge in [-0.1, -0.05) is 18.2 Å². The fourth-order valence-electron chi connectivity index (χ4n) is 3.77. The summed E-state index contributed by atoms with van der Waals surface area (Å²) in [5.74, 6) is 0. The maximum atomic E-state index is 3.78. The molecule has 0 saturated carbocycles. The number of hydrogen-bond acceptors (Lipinski definition) is 1. The van der Waals surface area contributed by atoms with E-state index in [2.05, 4.69) is 77.2 Å². The van der Waals surface area contributed by atoms with E-state index >= 15 is 0 Å². The molecule has 106 valence electrons. The second-order valence-corrected chi connectivity index (χ2v) is 12.2. The van der Waals surface area contributed by atoms with Crippen molar-refractivity contribution < 1.29 is 0 Å². The molecule has 1 heterocycles. The highest BCUT2D eigenvalue weighted by atomic mass is 31.2. The molecule has 0 spiro atoms. The minimum absolute atomic E-state index is 0.245. The van der Waals surface area contributed by atoms with Crippen molar-refractivity contribution in [2.24, 2.45) is 0 Å². The van der Waals surface area contributed by atoms with Gasteiger partial charge < -0.3 is 5.32 Å². The highest BCUT2D eigenvalue weighted by Crippen LogP contribution is 2.70. The lowest BCUT2D eigenvalue weighted by Crippen LogP contribution is -2.58. The van der Waals surface area contributed by atoms with Crippen LogP contribution in [0.25, 0.3) is 0 Å². The molecule has 1 aliphatic heterocycles. The summed E-state index contributed by atoms with van der Waals surface area (Å²) in [5.41, 5.74) is 0.245. The first kappa shape index (κ1) is 15.0. The molecular weight excluding hydrogens is 249 g/mol. The molecule has 1 unspecified atom stereocenters. The van der Waals surface area contributed by atoms with Crippen molar-refractivity contribution in [2.45, 2.75) is 58.3 Å². The van der Waals surface area contributed by atoms with E-state index in [-0.39, 0.29) is 5.54 Å². The van der Waals surface area contributed by atoms with Gasteiger partial charge in [-0.15, -0.1) is 0 Å². The number of rotatable bonds is 1. The van der Waals surface area contributed by atoms with Gasteiger partial charge in [0.15, 0.2) is 0 Å². The second kappa shape index (κ2) is 4.86. The predicted octanol–water partition coefficient (Wildman–Crippen LogP) is 3.90. The molecule has 1 saturated heterocycles. The van der Waals surface area contributed by atoms with E-state index in [0.717, 1.165) is 0 Å². The van der Waals surface area contributed by atoms with Gasteiger partial charge in [0, 0.05) is 11.6 Å². The smallest absolute Gasteiger partial charge is 0.0946 e. The van der Waals surface area contributed by atoms with Gasteiger partial charge in [0.05, 0.1) is 30.0 Å². The summed E-state index contributed by atoms with van der Waals surface area (Å²) in [6, 6.07) is 11.9. The molecule has 19 heavy (non-hydrogen) atoms. The van der Waals surface area contributed by atoms with E-state index in [1.807, 2.05) is 0 Å². The number of benzene rings is 1. The molecule has 0 bridgehead atoms. The van der Waals surface area contributed by atoms with Crippen LogP contribution in [0.2, 0.25) is 0 Å². The van der Waals surface area contributed by atoms with Crippen LogP contribution < -0.4 is 10.6 Å². The molecule has 1 N–H and O–H groups in total. The number of nitrogens with one attached hydrogen (secondary N) is 1. The first-order chi connectivity index (χ1) is 8.66. The van der Waals surface area contributed by atoms with Crippen LogP contribution in [0, 0.1) is 0 Å². The minimum Gasteiger partial charge on any atom is -0.302 e. The van der Waals surface area contributed by atoms with Gasteiger partial charge in [-0.2, -0.15) is 0 Å². The van der Waals surface area contributed by atoms with Crippen molar-refractivity contribution >= 4 is 12.6 Å². The van der Waals surface area contributed by atoms with Crippen LogP contribution in [0.4, 0.5) is 0 Å². The van der Waals surface area contributed by atoms with Crippen molar-refractivity contribution in [3.8, 4) is 0 Å². The Morgan fingerprint density at radius 2 is 1.74 bits per heavy atom. The quantitative estimate of drug-likeness (QED) is 0.768. The molecule has 2 rings (SSSR count). The van der Waals surface area contributed by atoms with E-state index in [9.17, 15) is 0 Å². The van der Waals surface area contributed by atoms with Gasteiger partial charge in [0.1, 0.15) is 0 Å². The molecule has 0 aromatic heterocycles. The van der Waals surface area contributed by atoms with Crippen LogP contribution in [-0.2, 0) is 0 Å². The molecule has 0 aliphatic carbocycles. The van der Waals surface area contributed by atoms with Gasteiger partial charge in [-0.3, -0.25) is 0 Å². The number of hydrogen-bond donors (Lipinski definition) is 1. The van der Waals surface area contributed by atoms with Crippen molar-refractivity contribution in [1.29, 1.82) is 0 Å². The van der Waals surface area contributed by atoms with Crippen LogP contribution in [0.5, 0.6) is 0 Å². The summed E-state index contributed by atoms with van der Waals surface area (Å²) >= 11 is 0. The lowest BCUT2D eigenvalue weighted by atomic mass is 10.1. The average molecular weight is 278 g/mol. The molecule has 0 radical (unpaired) electrons. The van der Waals surface area contributed by atoms with E-state index in [4.69, 9.17) is 0 Å². The van der Waals surface area contributed by atoms with Crippen molar-refractivity contribution in [1.82, 2.24) is 5.32 Å². The normalized spacial score (nSPS) is 31.2. The Balaban J connectivity index is 2.53. The van der Waals surface area contributed by atoms with E-state index in [0.29, 0.717) is 11.2 Å². The van der Waals surface area contributed by atoms with Gasteiger partial charge >= 0.3 is 0 Å². The SMILES string of the molecule is C[C@H]1C[P+](c2ccccc2)(C(C)(C)C)CC(C)(C)N1. The molecule has 1 aromatic rings. The Bertz CT molecular complexity index is 432. The standard InChI is InChI=1S/C17H29NP/c1-14-12-19(16(2,3)4,13-17(5,6)18-14)15-10-8-7-9-11-15/h7-11,14,18H,12-13H2,1-6H3/q+1/t14-,19?/m0/s1. The molecule has 2 atom stereocenters. The monoisotopic (exact) mass is 278 g/mol. The largest absolute Gasteiger partial charge is 0.302 e. The van der Waals surface area contributed by atoms with E-state index in [1.54, 1.807) is 5.30 Å². The Labute approximate surface area is 119 Å². The van der Waals surface area contributed by atoms with E-state index < -0.39 is 7.26 Å². The summed E-state index contributed by atoms with van der Waals surface area (Å²) in [7, 11) is -1.17. The van der Waals surface area contributed by atoms with Crippen LogP contribution in [-0.4, -0.2) is 29.1 Å². The molecule has 1 aliphatic rings. The summed E-state index contributed by atoms with van der Waals surface area (Å²) in [6.07, 6.45) is 2.63. The Morgan fingerprint density at radius 3 is 2.21 bits per heavy atom. The lowest BCUT2D eigenvalue weighted by Gasteiger charge is -2.49. The predicted molar refractivity (Wildman–Crippen MR) is 89.2 cm³/mol. The topological polar surface area (TPSA) is 12.0 Å². The molecule has 2 heteroatoms. The Hall–Kier alpha value is -0.390. The minimum atomic E-state index is -1.17. The molecule has 1 fully saturated rings. The van der Waals surface area contributed by atoms with Crippen molar-refractivity contribution in [3.63, 3.8) is 0 Å². The van der Waals surface area contributed by atoms with Gasteiger partial charge in [-0.05, 0) is 53.7 Å². The lowest BCUT2D eigenvalue weighted by molar-refractivity contribution is 0.373. The zero-order chi connectivity index (χ0) is 14.3. The third-order valence-electron chi connectivity index (χ3n) is 4.42. The van der Waals surface area contributed by atoms with Crippen LogP contribution in [0.15, 0.2) is 30.3 Å². The third kappa shape index (κ3) is 2.88. The zero-order valence-electron chi connectivity index (χ0n) is 13.3. The maximum absolute atomic E-state index is 3.78. The van der Waals surface area contributed by atoms with Crippen LogP contribution in [0.1, 0.15) is 41.5 Å². The highest BCUT2D eigenvalue weighted by molar-refractivity contribution is 7.84. The summed E-state index contributed by atoms with van der Waals surface area (Å²) in [4.78, 5) is 0. The van der Waals surface area contributed by atoms with Gasteiger partial charge in [0.2, 0.25) is 0 Å². The van der Waals surface area contributed by atoms with Crippen LogP contribution >= 0.6 is 7.26 Å². The maximum Gasteiger partial charge on any atom is 0.0946 e. The molecule has 0 amide bonds. The first-order valence-electron chi connectivity index (χ1n) is 7.37. The fourth-order valence-corrected chi connectivity index (χ4v) is 9.30. The molecule has 1 nitrogen and oxygen atoms in total. The first-order valence-corrected chi connectivity index (χ1v) is 9.53. The Morgan fingerprint density at radius 1 is 1.16 bits per heavy atom. The third-order valence-corrected chi connectivity index (χ3v) is 10.8. The van der Waals surface area contributed by atoms with E-state index in [1.165, 1.54) is 12.3 Å². The highest BCUT2D eigenvalue weighted by Gasteiger charge is 2.57. The Kier molecular flexibility index (Phi) is 3.84. The average Bonchev–Trinajstić information content (AvgIpc) is 2.26. The zero-order valence-corrected chi connectivity index (χ0v) is 14.2.